The first kappa shape index (κ1) is 9.32. The number of alkyl halides is 1. The molecule has 1 saturated heterocycles. The number of carbonyl (C=O) groups is 2. The average molecular weight is 192 g/mol. The molecule has 1 unspecified atom stereocenters. The number of nitrogens with one attached hydrogen (secondary N) is 1. The Hall–Kier alpha value is -0.770. The molecule has 2 N–H and O–H groups in total. The quantitative estimate of drug-likeness (QED) is 0.493. The summed E-state index contributed by atoms with van der Waals surface area (Å²) in [5.74, 6) is -1.04. The largest absolute Gasteiger partial charge is 0.480 e. The van der Waals surface area contributed by atoms with Crippen LogP contribution in [-0.4, -0.2) is 28.9 Å². The van der Waals surface area contributed by atoms with Crippen LogP contribution in [0.2, 0.25) is 0 Å². The molecular weight excluding hydrogens is 182 g/mol. The number of carbonyl (C=O) groups excluding carboxylic acids is 1. The van der Waals surface area contributed by atoms with E-state index in [9.17, 15) is 9.59 Å². The van der Waals surface area contributed by atoms with Crippen molar-refractivity contribution in [1.82, 2.24) is 5.32 Å². The molecule has 1 rings (SSSR count). The zero-order valence-electron chi connectivity index (χ0n) is 6.42. The van der Waals surface area contributed by atoms with E-state index in [1.807, 2.05) is 0 Å². The van der Waals surface area contributed by atoms with Crippen molar-refractivity contribution in [2.45, 2.75) is 18.9 Å². The fraction of sp³-hybridized carbons (Fsp3) is 0.714. The minimum Gasteiger partial charge on any atom is -0.480 e. The van der Waals surface area contributed by atoms with Gasteiger partial charge in [0.1, 0.15) is 6.04 Å². The Kier molecular flexibility index (Phi) is 2.92. The predicted octanol–water partition coefficient (Wildman–Crippen LogP) is 0.205. The van der Waals surface area contributed by atoms with Crippen LogP contribution < -0.4 is 5.32 Å². The zero-order chi connectivity index (χ0) is 9.14. The molecule has 1 aliphatic heterocycles. The highest BCUT2D eigenvalue weighted by Crippen LogP contribution is 2.20. The van der Waals surface area contributed by atoms with E-state index in [-0.39, 0.29) is 11.8 Å². The Labute approximate surface area is 74.9 Å². The molecule has 0 saturated carbocycles. The summed E-state index contributed by atoms with van der Waals surface area (Å²) in [7, 11) is 0. The van der Waals surface area contributed by atoms with Gasteiger partial charge in [-0.2, -0.15) is 0 Å². The second-order valence-electron chi connectivity index (χ2n) is 2.76. The Balaban J connectivity index is 2.39. The topological polar surface area (TPSA) is 66.4 Å². The number of amides is 1. The normalized spacial score (nSPS) is 27.6. The number of hydrogen-bond donors (Lipinski definition) is 2. The van der Waals surface area contributed by atoms with Crippen molar-refractivity contribution in [1.29, 1.82) is 0 Å². The molecule has 68 valence electrons. The molecule has 12 heavy (non-hydrogen) atoms. The van der Waals surface area contributed by atoms with Gasteiger partial charge < -0.3 is 10.4 Å². The Morgan fingerprint density at radius 2 is 2.33 bits per heavy atom. The monoisotopic (exact) mass is 191 g/mol. The van der Waals surface area contributed by atoms with E-state index in [1.165, 1.54) is 0 Å². The van der Waals surface area contributed by atoms with Gasteiger partial charge in [0, 0.05) is 5.88 Å². The van der Waals surface area contributed by atoms with Gasteiger partial charge in [-0.1, -0.05) is 0 Å². The minimum atomic E-state index is -0.964. The maximum absolute atomic E-state index is 10.8. The molecular formula is C7H10ClNO3. The molecule has 4 nitrogen and oxygen atoms in total. The highest BCUT2D eigenvalue weighted by molar-refractivity contribution is 6.17. The van der Waals surface area contributed by atoms with Crippen molar-refractivity contribution < 1.29 is 14.7 Å². The van der Waals surface area contributed by atoms with Crippen LogP contribution in [0.25, 0.3) is 0 Å². The number of hydrogen-bond acceptors (Lipinski definition) is 2. The molecule has 0 aromatic rings. The van der Waals surface area contributed by atoms with E-state index in [0.717, 1.165) is 0 Å². The highest BCUT2D eigenvalue weighted by Gasteiger charge is 2.43. The average Bonchev–Trinajstić information content (AvgIpc) is 2.00. The van der Waals surface area contributed by atoms with Crippen molar-refractivity contribution >= 4 is 23.5 Å². The van der Waals surface area contributed by atoms with Gasteiger partial charge >= 0.3 is 5.97 Å². The lowest BCUT2D eigenvalue weighted by molar-refractivity contribution is -0.153. The Morgan fingerprint density at radius 3 is 2.75 bits per heavy atom. The van der Waals surface area contributed by atoms with Gasteiger partial charge in [-0.15, -0.1) is 11.6 Å². The molecule has 1 heterocycles. The van der Waals surface area contributed by atoms with E-state index in [1.54, 1.807) is 0 Å². The summed E-state index contributed by atoms with van der Waals surface area (Å²) in [5, 5.41) is 10.9. The lowest BCUT2D eigenvalue weighted by Crippen LogP contribution is -2.61. The number of halogens is 1. The molecule has 0 spiro atoms. The van der Waals surface area contributed by atoms with Crippen LogP contribution in [-0.2, 0) is 9.59 Å². The van der Waals surface area contributed by atoms with Crippen LogP contribution in [0.1, 0.15) is 12.8 Å². The maximum atomic E-state index is 10.8. The van der Waals surface area contributed by atoms with Gasteiger partial charge in [-0.25, -0.2) is 4.79 Å². The predicted molar refractivity (Wildman–Crippen MR) is 43.0 cm³/mol. The van der Waals surface area contributed by atoms with Crippen LogP contribution in [0.5, 0.6) is 0 Å². The summed E-state index contributed by atoms with van der Waals surface area (Å²) >= 11 is 5.42. The first-order chi connectivity index (χ1) is 5.66. The first-order valence-corrected chi connectivity index (χ1v) is 4.29. The van der Waals surface area contributed by atoms with E-state index >= 15 is 0 Å². The van der Waals surface area contributed by atoms with E-state index in [0.29, 0.717) is 18.7 Å². The number of β-lactam (4-membered cyclic amide) rings is 1. The van der Waals surface area contributed by atoms with Crippen LogP contribution >= 0.6 is 11.6 Å². The standard InChI is InChI=1S/C7H10ClNO3/c8-3-1-2-4-5(7(11)12)9-6(4)10/h4-5H,1-3H2,(H,9,10)(H,11,12)/t4-,5?/m1/s1. The third-order valence-corrected chi connectivity index (χ3v) is 2.22. The summed E-state index contributed by atoms with van der Waals surface area (Å²) in [6.07, 6.45) is 1.25. The highest BCUT2D eigenvalue weighted by atomic mass is 35.5. The lowest BCUT2D eigenvalue weighted by atomic mass is 9.87. The third-order valence-electron chi connectivity index (χ3n) is 1.95. The molecule has 5 heteroatoms. The summed E-state index contributed by atoms with van der Waals surface area (Å²) in [6.45, 7) is 0. The second-order valence-corrected chi connectivity index (χ2v) is 3.14. The summed E-state index contributed by atoms with van der Waals surface area (Å²) in [4.78, 5) is 21.3. The maximum Gasteiger partial charge on any atom is 0.327 e. The van der Waals surface area contributed by atoms with Crippen molar-refractivity contribution in [3.63, 3.8) is 0 Å². The SMILES string of the molecule is O=C(O)C1NC(=O)[C@@H]1CCCCl. The summed E-state index contributed by atoms with van der Waals surface area (Å²) < 4.78 is 0. The summed E-state index contributed by atoms with van der Waals surface area (Å²) in [6, 6.07) is -0.694. The van der Waals surface area contributed by atoms with E-state index in [2.05, 4.69) is 5.32 Å². The van der Waals surface area contributed by atoms with Crippen LogP contribution in [0.15, 0.2) is 0 Å². The van der Waals surface area contributed by atoms with Gasteiger partial charge in [0.15, 0.2) is 0 Å². The smallest absolute Gasteiger partial charge is 0.327 e. The van der Waals surface area contributed by atoms with Crippen molar-refractivity contribution in [2.24, 2.45) is 5.92 Å². The number of rotatable bonds is 4. The lowest BCUT2D eigenvalue weighted by Gasteiger charge is -2.33. The molecule has 0 aromatic carbocycles. The van der Waals surface area contributed by atoms with Crippen molar-refractivity contribution in [2.75, 3.05) is 5.88 Å². The number of carboxylic acids is 1. The van der Waals surface area contributed by atoms with Gasteiger partial charge in [0.2, 0.25) is 5.91 Å². The molecule has 1 fully saturated rings. The molecule has 0 aliphatic carbocycles. The van der Waals surface area contributed by atoms with Crippen LogP contribution in [0.4, 0.5) is 0 Å². The van der Waals surface area contributed by atoms with Crippen LogP contribution in [0, 0.1) is 5.92 Å². The zero-order valence-corrected chi connectivity index (χ0v) is 7.17. The van der Waals surface area contributed by atoms with Crippen molar-refractivity contribution in [3.8, 4) is 0 Å². The molecule has 1 aliphatic rings. The molecule has 1 amide bonds. The fourth-order valence-corrected chi connectivity index (χ4v) is 1.40. The second kappa shape index (κ2) is 3.76. The number of aliphatic carboxylic acids is 1. The van der Waals surface area contributed by atoms with E-state index < -0.39 is 12.0 Å². The van der Waals surface area contributed by atoms with Gasteiger partial charge in [-0.05, 0) is 12.8 Å². The van der Waals surface area contributed by atoms with Gasteiger partial charge in [0.25, 0.3) is 0 Å². The van der Waals surface area contributed by atoms with E-state index in [4.69, 9.17) is 16.7 Å². The molecule has 0 bridgehead atoms. The fourth-order valence-electron chi connectivity index (χ4n) is 1.24. The van der Waals surface area contributed by atoms with Crippen molar-refractivity contribution in [3.05, 3.63) is 0 Å². The minimum absolute atomic E-state index is 0.174. The molecule has 0 radical (unpaired) electrons. The third kappa shape index (κ3) is 1.69. The Morgan fingerprint density at radius 1 is 1.67 bits per heavy atom. The van der Waals surface area contributed by atoms with Crippen LogP contribution in [0.3, 0.4) is 0 Å². The number of carboxylic acid groups (broad SMARTS) is 1. The van der Waals surface area contributed by atoms with Gasteiger partial charge in [-0.3, -0.25) is 4.79 Å². The molecule has 0 aromatic heterocycles. The first-order valence-electron chi connectivity index (χ1n) is 3.76. The Bertz CT molecular complexity index is 207. The van der Waals surface area contributed by atoms with Gasteiger partial charge in [0.05, 0.1) is 5.92 Å². The summed E-state index contributed by atoms with van der Waals surface area (Å²) in [5.41, 5.74) is 0. The molecule has 2 atom stereocenters.